The number of aromatic nitrogens is 1. The largest absolute Gasteiger partial charge is 0.370 e. The van der Waals surface area contributed by atoms with Gasteiger partial charge in [0.05, 0.1) is 11.4 Å². The number of benzene rings is 1. The molecule has 0 aliphatic carbocycles. The monoisotopic (exact) mass is 309 g/mol. The van der Waals surface area contributed by atoms with Crippen LogP contribution in [0.25, 0.3) is 0 Å². The number of amides is 1. The Morgan fingerprint density at radius 1 is 1.09 bits per heavy atom. The van der Waals surface area contributed by atoms with Gasteiger partial charge in [0, 0.05) is 31.9 Å². The van der Waals surface area contributed by atoms with Crippen molar-refractivity contribution < 1.29 is 4.79 Å². The number of aryl methyl sites for hydroxylation is 1. The molecule has 3 rings (SSSR count). The molecule has 1 aromatic carbocycles. The number of pyridine rings is 1. The molecule has 1 aliphatic heterocycles. The molecule has 1 aromatic heterocycles. The number of carbonyl (C=O) groups is 1. The lowest BCUT2D eigenvalue weighted by Crippen LogP contribution is -2.30. The Hall–Kier alpha value is -2.36. The van der Waals surface area contributed by atoms with Crippen molar-refractivity contribution in [2.75, 3.05) is 23.3 Å². The lowest BCUT2D eigenvalue weighted by Gasteiger charge is -2.30. The van der Waals surface area contributed by atoms with Gasteiger partial charge in [-0.2, -0.15) is 0 Å². The standard InChI is InChI=1S/C19H23N3O/c23-19(11-10-16-7-6-12-20-15-16)21-17-8-2-3-9-18(17)22-13-4-1-5-14-22/h2-3,6-9,12,15H,1,4-5,10-11,13-14H2,(H,21,23). The van der Waals surface area contributed by atoms with Crippen molar-refractivity contribution in [3.05, 3.63) is 54.4 Å². The molecule has 23 heavy (non-hydrogen) atoms. The molecule has 0 saturated carbocycles. The summed E-state index contributed by atoms with van der Waals surface area (Å²) in [7, 11) is 0. The Balaban J connectivity index is 1.62. The van der Waals surface area contributed by atoms with Gasteiger partial charge in [-0.25, -0.2) is 0 Å². The van der Waals surface area contributed by atoms with Gasteiger partial charge >= 0.3 is 0 Å². The molecule has 120 valence electrons. The lowest BCUT2D eigenvalue weighted by atomic mass is 10.1. The predicted octanol–water partition coefficient (Wildman–Crippen LogP) is 3.64. The molecular formula is C19H23N3O. The van der Waals surface area contributed by atoms with Crippen LogP contribution >= 0.6 is 0 Å². The van der Waals surface area contributed by atoms with E-state index < -0.39 is 0 Å². The zero-order valence-electron chi connectivity index (χ0n) is 13.4. The molecule has 2 heterocycles. The fourth-order valence-electron chi connectivity index (χ4n) is 3.01. The Labute approximate surface area is 137 Å². The number of nitrogens with one attached hydrogen (secondary N) is 1. The highest BCUT2D eigenvalue weighted by Gasteiger charge is 2.15. The van der Waals surface area contributed by atoms with E-state index in [1.165, 1.54) is 19.3 Å². The maximum atomic E-state index is 12.3. The van der Waals surface area contributed by atoms with Gasteiger partial charge in [-0.3, -0.25) is 9.78 Å². The van der Waals surface area contributed by atoms with Gasteiger partial charge in [0.25, 0.3) is 0 Å². The summed E-state index contributed by atoms with van der Waals surface area (Å²) in [5.74, 6) is 0.0540. The average molecular weight is 309 g/mol. The van der Waals surface area contributed by atoms with Gasteiger partial charge in [0.15, 0.2) is 0 Å². The van der Waals surface area contributed by atoms with Gasteiger partial charge < -0.3 is 10.2 Å². The molecule has 0 atom stereocenters. The summed E-state index contributed by atoms with van der Waals surface area (Å²) in [6, 6.07) is 12.0. The number of anilines is 2. The van der Waals surface area contributed by atoms with Crippen LogP contribution in [0, 0.1) is 0 Å². The third kappa shape index (κ3) is 4.31. The molecular weight excluding hydrogens is 286 g/mol. The van der Waals surface area contributed by atoms with Crippen LogP contribution in [-0.4, -0.2) is 24.0 Å². The van der Waals surface area contributed by atoms with Crippen molar-refractivity contribution in [1.82, 2.24) is 4.98 Å². The summed E-state index contributed by atoms with van der Waals surface area (Å²) in [5.41, 5.74) is 3.15. The minimum Gasteiger partial charge on any atom is -0.370 e. The Kier molecular flexibility index (Phi) is 5.25. The molecule has 1 N–H and O–H groups in total. The maximum Gasteiger partial charge on any atom is 0.224 e. The minimum absolute atomic E-state index is 0.0540. The Morgan fingerprint density at radius 3 is 2.70 bits per heavy atom. The van der Waals surface area contributed by atoms with Crippen LogP contribution in [-0.2, 0) is 11.2 Å². The molecule has 0 radical (unpaired) electrons. The molecule has 1 fully saturated rings. The predicted molar refractivity (Wildman–Crippen MR) is 93.7 cm³/mol. The van der Waals surface area contributed by atoms with E-state index in [4.69, 9.17) is 0 Å². The fourth-order valence-corrected chi connectivity index (χ4v) is 3.01. The summed E-state index contributed by atoms with van der Waals surface area (Å²) in [5, 5.41) is 3.08. The lowest BCUT2D eigenvalue weighted by molar-refractivity contribution is -0.116. The van der Waals surface area contributed by atoms with Crippen LogP contribution in [0.1, 0.15) is 31.2 Å². The van der Waals surface area contributed by atoms with Gasteiger partial charge in [0.2, 0.25) is 5.91 Å². The minimum atomic E-state index is 0.0540. The van der Waals surface area contributed by atoms with Gasteiger partial charge in [-0.05, 0) is 49.4 Å². The molecule has 1 aliphatic rings. The number of nitrogens with zero attached hydrogens (tertiary/aromatic N) is 2. The van der Waals surface area contributed by atoms with E-state index in [0.717, 1.165) is 30.0 Å². The van der Waals surface area contributed by atoms with Gasteiger partial charge in [0.1, 0.15) is 0 Å². The first-order valence-electron chi connectivity index (χ1n) is 8.36. The molecule has 4 nitrogen and oxygen atoms in total. The maximum absolute atomic E-state index is 12.3. The van der Waals surface area contributed by atoms with Crippen molar-refractivity contribution in [1.29, 1.82) is 0 Å². The molecule has 4 heteroatoms. The van der Waals surface area contributed by atoms with Crippen molar-refractivity contribution in [3.8, 4) is 0 Å². The highest BCUT2D eigenvalue weighted by molar-refractivity contribution is 5.94. The second-order valence-electron chi connectivity index (χ2n) is 5.97. The zero-order chi connectivity index (χ0) is 15.9. The molecule has 0 spiro atoms. The first-order valence-corrected chi connectivity index (χ1v) is 8.36. The van der Waals surface area contributed by atoms with E-state index in [1.807, 2.05) is 36.5 Å². The molecule has 2 aromatic rings. The molecule has 0 bridgehead atoms. The smallest absolute Gasteiger partial charge is 0.224 e. The fraction of sp³-hybridized carbons (Fsp3) is 0.368. The summed E-state index contributed by atoms with van der Waals surface area (Å²) in [4.78, 5) is 18.7. The topological polar surface area (TPSA) is 45.2 Å². The van der Waals surface area contributed by atoms with Crippen LogP contribution in [0.15, 0.2) is 48.8 Å². The van der Waals surface area contributed by atoms with Crippen LogP contribution < -0.4 is 10.2 Å². The van der Waals surface area contributed by atoms with Crippen LogP contribution in [0.3, 0.4) is 0 Å². The SMILES string of the molecule is O=C(CCc1cccnc1)Nc1ccccc1N1CCCCC1. The molecule has 1 amide bonds. The van der Waals surface area contributed by atoms with Crippen molar-refractivity contribution >= 4 is 17.3 Å². The summed E-state index contributed by atoms with van der Waals surface area (Å²) in [6.45, 7) is 2.14. The highest BCUT2D eigenvalue weighted by Crippen LogP contribution is 2.28. The number of carbonyl (C=O) groups excluding carboxylic acids is 1. The first kappa shape index (κ1) is 15.5. The van der Waals surface area contributed by atoms with E-state index in [1.54, 1.807) is 6.20 Å². The normalized spacial score (nSPS) is 14.5. The second-order valence-corrected chi connectivity index (χ2v) is 5.97. The van der Waals surface area contributed by atoms with E-state index >= 15 is 0 Å². The number of piperidine rings is 1. The first-order chi connectivity index (χ1) is 11.3. The van der Waals surface area contributed by atoms with Crippen molar-refractivity contribution in [3.63, 3.8) is 0 Å². The number of hydrogen-bond acceptors (Lipinski definition) is 3. The van der Waals surface area contributed by atoms with E-state index in [9.17, 15) is 4.79 Å². The molecule has 1 saturated heterocycles. The van der Waals surface area contributed by atoms with Crippen LogP contribution in [0.2, 0.25) is 0 Å². The third-order valence-electron chi connectivity index (χ3n) is 4.24. The quantitative estimate of drug-likeness (QED) is 0.917. The highest BCUT2D eigenvalue weighted by atomic mass is 16.1. The average Bonchev–Trinajstić information content (AvgIpc) is 2.62. The van der Waals surface area contributed by atoms with E-state index in [2.05, 4.69) is 21.3 Å². The number of para-hydroxylation sites is 2. The van der Waals surface area contributed by atoms with Crippen LogP contribution in [0.4, 0.5) is 11.4 Å². The number of hydrogen-bond donors (Lipinski definition) is 1. The Bertz CT molecular complexity index is 636. The third-order valence-corrected chi connectivity index (χ3v) is 4.24. The molecule has 0 unspecified atom stereocenters. The van der Waals surface area contributed by atoms with E-state index in [0.29, 0.717) is 12.8 Å². The second kappa shape index (κ2) is 7.77. The Morgan fingerprint density at radius 2 is 1.91 bits per heavy atom. The summed E-state index contributed by atoms with van der Waals surface area (Å²) < 4.78 is 0. The van der Waals surface area contributed by atoms with Gasteiger partial charge in [-0.15, -0.1) is 0 Å². The van der Waals surface area contributed by atoms with E-state index in [-0.39, 0.29) is 5.91 Å². The van der Waals surface area contributed by atoms with Crippen molar-refractivity contribution in [2.24, 2.45) is 0 Å². The zero-order valence-corrected chi connectivity index (χ0v) is 13.4. The van der Waals surface area contributed by atoms with Crippen molar-refractivity contribution in [2.45, 2.75) is 32.1 Å². The van der Waals surface area contributed by atoms with Crippen LogP contribution in [0.5, 0.6) is 0 Å². The summed E-state index contributed by atoms with van der Waals surface area (Å²) >= 11 is 0. The summed E-state index contributed by atoms with van der Waals surface area (Å²) in [6.07, 6.45) is 8.50. The number of rotatable bonds is 5. The van der Waals surface area contributed by atoms with Gasteiger partial charge in [-0.1, -0.05) is 18.2 Å².